The minimum absolute atomic E-state index is 0.0157. The molecule has 5 N–H and O–H groups in total. The lowest BCUT2D eigenvalue weighted by molar-refractivity contribution is -0.293. The molecule has 10 nitrogen and oxygen atoms in total. The van der Waals surface area contributed by atoms with Crippen molar-refractivity contribution in [2.45, 2.75) is 136 Å². The molecule has 10 heteroatoms. The molecule has 1 amide bonds. The van der Waals surface area contributed by atoms with Crippen molar-refractivity contribution < 1.29 is 34.0 Å². The molecule has 3 rings (SSSR count). The fourth-order valence-corrected chi connectivity index (χ4v) is 6.74. The summed E-state index contributed by atoms with van der Waals surface area (Å²) in [5.74, 6) is 0.486. The van der Waals surface area contributed by atoms with Gasteiger partial charge in [-0.15, -0.1) is 0 Å². The van der Waals surface area contributed by atoms with Gasteiger partial charge in [0.25, 0.3) is 0 Å². The smallest absolute Gasteiger partial charge is 0.247 e. The Kier molecular flexibility index (Phi) is 19.6. The molecular weight excluding hydrogens is 707 g/mol. The topological polar surface area (TPSA) is 136 Å². The molecule has 0 saturated carbocycles. The van der Waals surface area contributed by atoms with Crippen LogP contribution in [0.4, 0.5) is 0 Å². The zero-order valence-electron chi connectivity index (χ0n) is 35.6. The summed E-state index contributed by atoms with van der Waals surface area (Å²) in [6, 6.07) is -0.652. The van der Waals surface area contributed by atoms with Crippen LogP contribution in [-0.2, 0) is 23.7 Å². The number of nitrogens with zero attached hydrogens (tertiary/aromatic N) is 1. The molecule has 3 aliphatic rings. The van der Waals surface area contributed by atoms with Crippen LogP contribution in [-0.4, -0.2) is 103 Å². The molecule has 56 heavy (non-hydrogen) atoms. The number of hydrogen-bond donors (Lipinski definition) is 4. The van der Waals surface area contributed by atoms with Gasteiger partial charge in [0.15, 0.2) is 12.6 Å². The molecule has 0 aromatic carbocycles. The number of allylic oxidation sites excluding steroid dienone is 14. The summed E-state index contributed by atoms with van der Waals surface area (Å²) >= 11 is 0. The van der Waals surface area contributed by atoms with Crippen molar-refractivity contribution in [3.05, 3.63) is 107 Å². The van der Waals surface area contributed by atoms with Crippen LogP contribution in [0.25, 0.3) is 0 Å². The van der Waals surface area contributed by atoms with Crippen LogP contribution in [0.15, 0.2) is 107 Å². The highest BCUT2D eigenvalue weighted by Gasteiger charge is 2.43. The first-order valence-corrected chi connectivity index (χ1v) is 20.3. The summed E-state index contributed by atoms with van der Waals surface area (Å²) in [6.45, 7) is 16.7. The monoisotopic (exact) mass is 778 g/mol. The molecule has 0 spiro atoms. The van der Waals surface area contributed by atoms with Crippen LogP contribution in [0.1, 0.15) is 81.1 Å². The second-order valence-electron chi connectivity index (χ2n) is 16.3. The minimum atomic E-state index is -1.49. The molecule has 0 bridgehead atoms. The van der Waals surface area contributed by atoms with Crippen LogP contribution in [0.5, 0.6) is 0 Å². The van der Waals surface area contributed by atoms with Crippen LogP contribution in [0.2, 0.25) is 0 Å². The highest BCUT2D eigenvalue weighted by atomic mass is 16.7. The third kappa shape index (κ3) is 16.0. The van der Waals surface area contributed by atoms with Gasteiger partial charge in [0, 0.05) is 24.6 Å². The zero-order valence-corrected chi connectivity index (χ0v) is 35.6. The summed E-state index contributed by atoms with van der Waals surface area (Å²) in [5, 5.41) is 26.2. The van der Waals surface area contributed by atoms with Crippen LogP contribution in [0, 0.1) is 11.8 Å². The Balaban J connectivity index is 1.87. The standard InChI is InChI=1S/C46H71N3O7/c1-11-31(2)25-37-26-34(5)19-13-12-16-23-46(8,52)40(22-15-14-18-32(3)20-17-21-33(4)24-35(6)29-48-44(37)51)56-45-42(47)43(50)39(30-53-45)55-41-28-38(49(9)10)27-36(7)54-41/h12-24,26,31,35-36,38-43,45,50,52H,11,25,27-30,47H2,1-10H3,(H,48,51)/b13-12+,18-14+,21-17+,22-15+,23-16+,32-20-,33-24-,34-19-,37-26-/t31-,35-,36?,38-,39?,40?,41?,42?,43-,45?,46+/m0/s1. The third-order valence-corrected chi connectivity index (χ3v) is 10.5. The second-order valence-corrected chi connectivity index (χ2v) is 16.3. The van der Waals surface area contributed by atoms with E-state index in [1.165, 1.54) is 0 Å². The number of nitrogens with one attached hydrogen (secondary N) is 1. The summed E-state index contributed by atoms with van der Waals surface area (Å²) in [5.41, 5.74) is 8.85. The lowest BCUT2D eigenvalue weighted by Crippen LogP contribution is -2.61. The first-order valence-electron chi connectivity index (χ1n) is 20.3. The number of rotatable bonds is 8. The van der Waals surface area contributed by atoms with Crippen molar-refractivity contribution in [3.63, 3.8) is 0 Å². The van der Waals surface area contributed by atoms with Gasteiger partial charge in [-0.25, -0.2) is 0 Å². The SMILES string of the molecule is CC[C@H](C)C/C1=C/C(C)=C\C=C\C=C\[C@@](C)(O)C(OC2OCC(OC3C[C@@H](N(C)C)CC(C)O3)[C@H](O)C2N)/C=C/C=C/C(C)=C\C=C\C(C)=C/[C@H](C)CNC1=O. The predicted octanol–water partition coefficient (Wildman–Crippen LogP) is 6.76. The number of ether oxygens (including phenoxy) is 4. The van der Waals surface area contributed by atoms with Crippen LogP contribution < -0.4 is 11.1 Å². The Morgan fingerprint density at radius 1 is 1.00 bits per heavy atom. The molecule has 0 radical (unpaired) electrons. The van der Waals surface area contributed by atoms with E-state index < -0.39 is 42.5 Å². The second kappa shape index (κ2) is 23.3. The first kappa shape index (κ1) is 47.2. The molecule has 2 saturated heterocycles. The number of nitrogens with two attached hydrogens (primary N) is 1. The van der Waals surface area contributed by atoms with Crippen molar-refractivity contribution >= 4 is 5.91 Å². The molecule has 0 aromatic rings. The summed E-state index contributed by atoms with van der Waals surface area (Å²) in [7, 11) is 4.08. The van der Waals surface area contributed by atoms with Gasteiger partial charge in [0.05, 0.1) is 18.8 Å². The number of amides is 1. The van der Waals surface area contributed by atoms with Gasteiger partial charge in [-0.2, -0.15) is 0 Å². The maximum atomic E-state index is 13.3. The largest absolute Gasteiger partial charge is 0.388 e. The zero-order chi connectivity index (χ0) is 41.4. The average Bonchev–Trinajstić information content (AvgIpc) is 3.13. The molecular formula is C46H71N3O7. The molecule has 2 fully saturated rings. The first-order chi connectivity index (χ1) is 26.5. The molecule has 0 aliphatic carbocycles. The van der Waals surface area contributed by atoms with Gasteiger partial charge in [0.2, 0.25) is 5.91 Å². The van der Waals surface area contributed by atoms with Gasteiger partial charge in [-0.1, -0.05) is 129 Å². The number of carbonyl (C=O) groups is 1. The number of carbonyl (C=O) groups excluding carboxylic acids is 1. The quantitative estimate of drug-likeness (QED) is 0.211. The molecule has 312 valence electrons. The van der Waals surface area contributed by atoms with Gasteiger partial charge in [-0.05, 0) is 73.4 Å². The summed E-state index contributed by atoms with van der Waals surface area (Å²) < 4.78 is 24.7. The van der Waals surface area contributed by atoms with Crippen molar-refractivity contribution in [2.24, 2.45) is 17.6 Å². The highest BCUT2D eigenvalue weighted by molar-refractivity contribution is 5.93. The van der Waals surface area contributed by atoms with Crippen molar-refractivity contribution in [1.29, 1.82) is 0 Å². The lowest BCUT2D eigenvalue weighted by atomic mass is 9.96. The maximum absolute atomic E-state index is 13.3. The van der Waals surface area contributed by atoms with E-state index in [-0.39, 0.29) is 24.5 Å². The normalized spacial score (nSPS) is 40.5. The molecule has 3 aliphatic heterocycles. The predicted molar refractivity (Wildman–Crippen MR) is 226 cm³/mol. The van der Waals surface area contributed by atoms with E-state index in [4.69, 9.17) is 24.7 Å². The van der Waals surface area contributed by atoms with E-state index in [1.807, 2.05) is 95.6 Å². The Labute approximate surface area is 337 Å². The Morgan fingerprint density at radius 3 is 2.43 bits per heavy atom. The summed E-state index contributed by atoms with van der Waals surface area (Å²) in [4.78, 5) is 15.5. The molecule has 0 aromatic heterocycles. The van der Waals surface area contributed by atoms with E-state index in [9.17, 15) is 15.0 Å². The Hall–Kier alpha value is -3.19. The third-order valence-electron chi connectivity index (χ3n) is 10.5. The highest BCUT2D eigenvalue weighted by Crippen LogP contribution is 2.29. The number of aliphatic hydroxyl groups excluding tert-OH is 1. The fraction of sp³-hybridized carbons (Fsp3) is 0.587. The molecule has 3 heterocycles. The van der Waals surface area contributed by atoms with E-state index in [0.29, 0.717) is 31.3 Å². The van der Waals surface area contributed by atoms with Crippen LogP contribution in [0.3, 0.4) is 0 Å². The van der Waals surface area contributed by atoms with Gasteiger partial charge >= 0.3 is 0 Å². The lowest BCUT2D eigenvalue weighted by Gasteiger charge is -2.43. The maximum Gasteiger partial charge on any atom is 0.247 e. The van der Waals surface area contributed by atoms with Gasteiger partial charge < -0.3 is 45.1 Å². The van der Waals surface area contributed by atoms with Gasteiger partial charge in [-0.3, -0.25) is 4.79 Å². The number of aliphatic hydroxyl groups is 2. The van der Waals surface area contributed by atoms with Crippen molar-refractivity contribution in [3.8, 4) is 0 Å². The van der Waals surface area contributed by atoms with Crippen molar-refractivity contribution in [2.75, 3.05) is 27.2 Å². The van der Waals surface area contributed by atoms with Crippen molar-refractivity contribution in [1.82, 2.24) is 10.2 Å². The van der Waals surface area contributed by atoms with E-state index >= 15 is 0 Å². The number of hydrogen-bond acceptors (Lipinski definition) is 9. The Morgan fingerprint density at radius 2 is 1.71 bits per heavy atom. The van der Waals surface area contributed by atoms with E-state index in [1.54, 1.807) is 25.2 Å². The van der Waals surface area contributed by atoms with Crippen LogP contribution >= 0.6 is 0 Å². The molecule has 11 atom stereocenters. The summed E-state index contributed by atoms with van der Waals surface area (Å²) in [6.07, 6.45) is 25.7. The average molecular weight is 778 g/mol. The fourth-order valence-electron chi connectivity index (χ4n) is 6.74. The van der Waals surface area contributed by atoms with E-state index in [2.05, 4.69) is 44.0 Å². The minimum Gasteiger partial charge on any atom is -0.388 e. The van der Waals surface area contributed by atoms with Gasteiger partial charge in [0.1, 0.15) is 23.9 Å². The van der Waals surface area contributed by atoms with E-state index in [0.717, 1.165) is 35.1 Å². The molecule has 6 unspecified atom stereocenters. The Bertz CT molecular complexity index is 1530.